The van der Waals surface area contributed by atoms with Gasteiger partial charge in [0.1, 0.15) is 0 Å². The number of fused-ring (bicyclic) bond motifs is 1. The van der Waals surface area contributed by atoms with E-state index in [2.05, 4.69) is 51.2 Å². The first-order chi connectivity index (χ1) is 15.3. The summed E-state index contributed by atoms with van der Waals surface area (Å²) in [6, 6.07) is 18.8. The molecular formula is C27H31N3O. The first-order valence-corrected chi connectivity index (χ1v) is 11.7. The average molecular weight is 414 g/mol. The highest BCUT2D eigenvalue weighted by atomic mass is 16.2. The number of rotatable bonds is 5. The Morgan fingerprint density at radius 1 is 0.903 bits per heavy atom. The summed E-state index contributed by atoms with van der Waals surface area (Å²) in [5.74, 6) is 0.687. The normalized spacial score (nSPS) is 19.7. The fourth-order valence-electron chi connectivity index (χ4n) is 5.28. The molecule has 2 aromatic carbocycles. The Balaban J connectivity index is 1.31. The van der Waals surface area contributed by atoms with Crippen LogP contribution in [0.1, 0.15) is 47.2 Å². The lowest BCUT2D eigenvalue weighted by Crippen LogP contribution is -2.41. The molecule has 2 aliphatic rings. The van der Waals surface area contributed by atoms with Crippen LogP contribution in [0.4, 0.5) is 0 Å². The van der Waals surface area contributed by atoms with Gasteiger partial charge in [-0.25, -0.2) is 0 Å². The van der Waals surface area contributed by atoms with Crippen LogP contribution in [0.15, 0.2) is 60.8 Å². The third kappa shape index (κ3) is 4.49. The van der Waals surface area contributed by atoms with E-state index in [-0.39, 0.29) is 5.91 Å². The van der Waals surface area contributed by atoms with Gasteiger partial charge in [-0.2, -0.15) is 0 Å². The summed E-state index contributed by atoms with van der Waals surface area (Å²) in [5.41, 5.74) is 4.47. The van der Waals surface area contributed by atoms with Crippen molar-refractivity contribution < 1.29 is 4.79 Å². The molecule has 2 saturated heterocycles. The molecule has 4 heteroatoms. The number of likely N-dealkylation sites (tertiary alicyclic amines) is 2. The molecule has 0 radical (unpaired) electrons. The second-order valence-electron chi connectivity index (χ2n) is 9.10. The number of amides is 1. The lowest BCUT2D eigenvalue weighted by atomic mass is 9.90. The van der Waals surface area contributed by atoms with Gasteiger partial charge in [0.05, 0.1) is 5.52 Å². The van der Waals surface area contributed by atoms with Crippen LogP contribution < -0.4 is 0 Å². The Morgan fingerprint density at radius 3 is 2.61 bits per heavy atom. The van der Waals surface area contributed by atoms with E-state index in [4.69, 9.17) is 0 Å². The van der Waals surface area contributed by atoms with E-state index in [1.807, 2.05) is 24.4 Å². The van der Waals surface area contributed by atoms with Gasteiger partial charge in [-0.15, -0.1) is 0 Å². The van der Waals surface area contributed by atoms with Crippen LogP contribution in [0.2, 0.25) is 0 Å². The zero-order valence-corrected chi connectivity index (χ0v) is 18.2. The average Bonchev–Trinajstić information content (AvgIpc) is 3.33. The van der Waals surface area contributed by atoms with Gasteiger partial charge in [-0.3, -0.25) is 14.7 Å². The fourth-order valence-corrected chi connectivity index (χ4v) is 5.28. The molecule has 2 aliphatic heterocycles. The molecule has 0 saturated carbocycles. The molecule has 1 aromatic heterocycles. The molecule has 160 valence electrons. The summed E-state index contributed by atoms with van der Waals surface area (Å²) in [6.07, 6.45) is 7.64. The lowest BCUT2D eigenvalue weighted by molar-refractivity contribution is 0.0671. The first-order valence-electron chi connectivity index (χ1n) is 11.7. The van der Waals surface area contributed by atoms with Gasteiger partial charge in [0.2, 0.25) is 0 Å². The Hall–Kier alpha value is -2.72. The molecule has 3 aromatic rings. The van der Waals surface area contributed by atoms with E-state index in [1.54, 1.807) is 0 Å². The summed E-state index contributed by atoms with van der Waals surface area (Å²) in [4.78, 5) is 22.7. The highest BCUT2D eigenvalue weighted by molar-refractivity contribution is 5.95. The highest BCUT2D eigenvalue weighted by Gasteiger charge is 2.27. The third-order valence-corrected chi connectivity index (χ3v) is 6.87. The summed E-state index contributed by atoms with van der Waals surface area (Å²) < 4.78 is 0. The Bertz CT molecular complexity index is 1050. The number of nitrogens with zero attached hydrogens (tertiary/aromatic N) is 3. The smallest absolute Gasteiger partial charge is 0.254 e. The van der Waals surface area contributed by atoms with Crippen molar-refractivity contribution in [3.8, 4) is 0 Å². The first kappa shape index (κ1) is 20.2. The molecule has 1 atom stereocenters. The Morgan fingerprint density at radius 2 is 1.71 bits per heavy atom. The predicted octanol–water partition coefficient (Wildman–Crippen LogP) is 4.93. The van der Waals surface area contributed by atoms with Crippen molar-refractivity contribution in [2.45, 2.75) is 38.6 Å². The molecular weight excluding hydrogens is 382 g/mol. The van der Waals surface area contributed by atoms with E-state index >= 15 is 0 Å². The largest absolute Gasteiger partial charge is 0.338 e. The van der Waals surface area contributed by atoms with E-state index in [1.165, 1.54) is 35.8 Å². The maximum absolute atomic E-state index is 13.5. The van der Waals surface area contributed by atoms with Crippen molar-refractivity contribution in [2.75, 3.05) is 26.2 Å². The lowest BCUT2D eigenvalue weighted by Gasteiger charge is -2.33. The maximum atomic E-state index is 13.5. The van der Waals surface area contributed by atoms with Crippen LogP contribution in [-0.2, 0) is 13.0 Å². The van der Waals surface area contributed by atoms with E-state index in [0.717, 1.165) is 56.6 Å². The Labute approximate surface area is 184 Å². The maximum Gasteiger partial charge on any atom is 0.254 e. The minimum Gasteiger partial charge on any atom is -0.338 e. The molecule has 0 aliphatic carbocycles. The van der Waals surface area contributed by atoms with Gasteiger partial charge in [0.15, 0.2) is 0 Å². The highest BCUT2D eigenvalue weighted by Crippen LogP contribution is 2.26. The number of para-hydroxylation sites is 1. The van der Waals surface area contributed by atoms with Gasteiger partial charge in [-0.1, -0.05) is 42.5 Å². The number of benzene rings is 2. The van der Waals surface area contributed by atoms with Crippen molar-refractivity contribution in [1.29, 1.82) is 0 Å². The summed E-state index contributed by atoms with van der Waals surface area (Å²) in [5, 5.41) is 1.19. The van der Waals surface area contributed by atoms with Crippen molar-refractivity contribution in [2.24, 2.45) is 5.92 Å². The van der Waals surface area contributed by atoms with E-state index in [9.17, 15) is 4.79 Å². The van der Waals surface area contributed by atoms with Crippen LogP contribution in [-0.4, -0.2) is 46.9 Å². The molecule has 31 heavy (non-hydrogen) atoms. The monoisotopic (exact) mass is 413 g/mol. The zero-order chi connectivity index (χ0) is 21.0. The minimum absolute atomic E-state index is 0.204. The number of hydrogen-bond donors (Lipinski definition) is 0. The van der Waals surface area contributed by atoms with E-state index in [0.29, 0.717) is 5.92 Å². The molecule has 0 spiro atoms. The SMILES string of the molecule is O=C(c1ccccc1CN1CCCC1)N1CCC[C@@H](Cc2cccc3cccnc23)C1. The number of pyridine rings is 1. The molecule has 3 heterocycles. The molecule has 0 N–H and O–H groups in total. The number of carbonyl (C=O) groups is 1. The molecule has 2 fully saturated rings. The molecule has 1 amide bonds. The van der Waals surface area contributed by atoms with Crippen molar-refractivity contribution in [3.05, 3.63) is 77.5 Å². The van der Waals surface area contributed by atoms with Crippen LogP contribution in [0.25, 0.3) is 10.9 Å². The van der Waals surface area contributed by atoms with Crippen molar-refractivity contribution in [1.82, 2.24) is 14.8 Å². The number of aromatic nitrogens is 1. The Kier molecular flexibility index (Phi) is 5.99. The summed E-state index contributed by atoms with van der Waals surface area (Å²) in [6.45, 7) is 4.88. The number of hydrogen-bond acceptors (Lipinski definition) is 3. The standard InChI is InChI=1S/C27H31N3O/c31-27(25-13-2-1-9-24(25)20-29-15-3-4-16-29)30-17-7-8-21(19-30)18-23-11-5-10-22-12-6-14-28-26(22)23/h1-2,5-6,9-14,21H,3-4,7-8,15-20H2/t21-/m0/s1. The number of piperidine rings is 1. The van der Waals surface area contributed by atoms with Crippen molar-refractivity contribution in [3.63, 3.8) is 0 Å². The van der Waals surface area contributed by atoms with Crippen LogP contribution in [0, 0.1) is 5.92 Å². The molecule has 0 unspecified atom stereocenters. The summed E-state index contributed by atoms with van der Waals surface area (Å²) in [7, 11) is 0. The molecule has 4 nitrogen and oxygen atoms in total. The van der Waals surface area contributed by atoms with Gasteiger partial charge in [0, 0.05) is 36.8 Å². The van der Waals surface area contributed by atoms with Gasteiger partial charge < -0.3 is 4.90 Å². The van der Waals surface area contributed by atoms with E-state index < -0.39 is 0 Å². The van der Waals surface area contributed by atoms with Crippen LogP contribution in [0.3, 0.4) is 0 Å². The van der Waals surface area contributed by atoms with Gasteiger partial charge >= 0.3 is 0 Å². The van der Waals surface area contributed by atoms with Gasteiger partial charge in [-0.05, 0) is 74.4 Å². The van der Waals surface area contributed by atoms with Crippen molar-refractivity contribution >= 4 is 16.8 Å². The molecule has 0 bridgehead atoms. The second-order valence-corrected chi connectivity index (χ2v) is 9.10. The topological polar surface area (TPSA) is 36.4 Å². The molecule has 5 rings (SSSR count). The van der Waals surface area contributed by atoms with Crippen LogP contribution >= 0.6 is 0 Å². The fraction of sp³-hybridized carbons (Fsp3) is 0.407. The predicted molar refractivity (Wildman–Crippen MR) is 125 cm³/mol. The number of carbonyl (C=O) groups excluding carboxylic acids is 1. The minimum atomic E-state index is 0.204. The summed E-state index contributed by atoms with van der Waals surface area (Å²) >= 11 is 0. The zero-order valence-electron chi connectivity index (χ0n) is 18.2. The second kappa shape index (κ2) is 9.19. The van der Waals surface area contributed by atoms with Crippen LogP contribution in [0.5, 0.6) is 0 Å². The van der Waals surface area contributed by atoms with Gasteiger partial charge in [0.25, 0.3) is 5.91 Å². The third-order valence-electron chi connectivity index (χ3n) is 6.87. The quantitative estimate of drug-likeness (QED) is 0.595.